The number of nitrogens with one attached hydrogen (secondary N) is 2. The van der Waals surface area contributed by atoms with Crippen LogP contribution < -0.4 is 5.32 Å². The van der Waals surface area contributed by atoms with E-state index in [4.69, 9.17) is 0 Å². The molecule has 2 N–H and O–H groups in total. The molecular weight excluding hydrogens is 212 g/mol. The van der Waals surface area contributed by atoms with Crippen molar-refractivity contribution in [3.63, 3.8) is 0 Å². The molecule has 2 heterocycles. The number of nitro groups is 1. The third kappa shape index (κ3) is 2.29. The highest BCUT2D eigenvalue weighted by Crippen LogP contribution is 2.08. The van der Waals surface area contributed by atoms with Crippen LogP contribution in [0.2, 0.25) is 0 Å². The van der Waals surface area contributed by atoms with Gasteiger partial charge in [-0.25, -0.2) is 15.0 Å². The van der Waals surface area contributed by atoms with Crippen LogP contribution in [0.15, 0.2) is 24.8 Å². The van der Waals surface area contributed by atoms with Crippen LogP contribution in [0.3, 0.4) is 0 Å². The number of aromatic nitrogens is 4. The molecule has 82 valence electrons. The van der Waals surface area contributed by atoms with Crippen LogP contribution >= 0.6 is 0 Å². The van der Waals surface area contributed by atoms with Gasteiger partial charge in [0.15, 0.2) is 0 Å². The van der Waals surface area contributed by atoms with Gasteiger partial charge in [-0.15, -0.1) is 0 Å². The lowest BCUT2D eigenvalue weighted by molar-refractivity contribution is -0.385. The van der Waals surface area contributed by atoms with Gasteiger partial charge in [0, 0.05) is 12.4 Å². The molecule has 0 saturated carbocycles. The van der Waals surface area contributed by atoms with Crippen LogP contribution in [-0.4, -0.2) is 24.9 Å². The van der Waals surface area contributed by atoms with E-state index in [0.29, 0.717) is 12.5 Å². The fraction of sp³-hybridized carbons (Fsp3) is 0.125. The first-order chi connectivity index (χ1) is 7.75. The van der Waals surface area contributed by atoms with E-state index in [2.05, 4.69) is 25.3 Å². The lowest BCUT2D eigenvalue weighted by Crippen LogP contribution is -2.05. The summed E-state index contributed by atoms with van der Waals surface area (Å²) in [7, 11) is 0. The lowest BCUT2D eigenvalue weighted by Gasteiger charge is -2.00. The molecule has 2 rings (SSSR count). The van der Waals surface area contributed by atoms with Crippen LogP contribution in [0.5, 0.6) is 0 Å². The number of imidazole rings is 1. The molecule has 0 aliphatic heterocycles. The van der Waals surface area contributed by atoms with E-state index in [1.165, 1.54) is 0 Å². The van der Waals surface area contributed by atoms with Crippen molar-refractivity contribution in [1.82, 2.24) is 19.9 Å². The molecule has 0 aliphatic rings. The van der Waals surface area contributed by atoms with Gasteiger partial charge in [0.1, 0.15) is 18.2 Å². The van der Waals surface area contributed by atoms with Crippen LogP contribution in [0.25, 0.3) is 0 Å². The Balaban J connectivity index is 1.98. The number of hydrogen-bond donors (Lipinski definition) is 2. The van der Waals surface area contributed by atoms with Crippen molar-refractivity contribution in [3.8, 4) is 0 Å². The van der Waals surface area contributed by atoms with Crippen molar-refractivity contribution in [3.05, 3.63) is 40.7 Å². The largest absolute Gasteiger partial charge is 0.347 e. The Morgan fingerprint density at radius 3 is 2.69 bits per heavy atom. The summed E-state index contributed by atoms with van der Waals surface area (Å²) in [6.45, 7) is 0.435. The molecule has 2 aromatic heterocycles. The number of aromatic amines is 1. The van der Waals surface area contributed by atoms with Crippen molar-refractivity contribution in [1.29, 1.82) is 0 Å². The standard InChI is InChI=1S/C8H8N6O2/c15-14(16)6-3-11-8(12-4-6)13-5-7-9-1-2-10-7/h1-4H,5H2,(H,9,10)(H,11,12,13). The van der Waals surface area contributed by atoms with E-state index >= 15 is 0 Å². The molecule has 16 heavy (non-hydrogen) atoms. The predicted octanol–water partition coefficient (Wildman–Crippen LogP) is 0.720. The zero-order valence-electron chi connectivity index (χ0n) is 8.12. The second-order valence-corrected chi connectivity index (χ2v) is 2.91. The number of hydrogen-bond acceptors (Lipinski definition) is 6. The first-order valence-electron chi connectivity index (χ1n) is 4.44. The summed E-state index contributed by atoms with van der Waals surface area (Å²) in [6.07, 6.45) is 5.64. The fourth-order valence-electron chi connectivity index (χ4n) is 1.06. The number of nitrogens with zero attached hydrogens (tertiary/aromatic N) is 4. The maximum Gasteiger partial charge on any atom is 0.305 e. The Labute approximate surface area is 89.9 Å². The lowest BCUT2D eigenvalue weighted by atomic mass is 10.5. The number of anilines is 1. The Bertz CT molecular complexity index is 466. The SMILES string of the molecule is O=[N+]([O-])c1cnc(NCc2ncc[nH]2)nc1. The average molecular weight is 220 g/mol. The Kier molecular flexibility index (Phi) is 2.72. The van der Waals surface area contributed by atoms with Crippen molar-refractivity contribution >= 4 is 11.6 Å². The summed E-state index contributed by atoms with van der Waals surface area (Å²) < 4.78 is 0. The van der Waals surface area contributed by atoms with Gasteiger partial charge in [0.25, 0.3) is 0 Å². The van der Waals surface area contributed by atoms with Crippen molar-refractivity contribution in [2.45, 2.75) is 6.54 Å². The predicted molar refractivity (Wildman–Crippen MR) is 54.6 cm³/mol. The molecule has 0 unspecified atom stereocenters. The van der Waals surface area contributed by atoms with Gasteiger partial charge >= 0.3 is 5.69 Å². The van der Waals surface area contributed by atoms with Gasteiger partial charge in [0.05, 0.1) is 11.5 Å². The van der Waals surface area contributed by atoms with Gasteiger partial charge < -0.3 is 10.3 Å². The van der Waals surface area contributed by atoms with Crippen molar-refractivity contribution < 1.29 is 4.92 Å². The van der Waals surface area contributed by atoms with Crippen molar-refractivity contribution in [2.24, 2.45) is 0 Å². The molecule has 0 aromatic carbocycles. The molecular formula is C8H8N6O2. The van der Waals surface area contributed by atoms with E-state index in [-0.39, 0.29) is 5.69 Å². The molecule has 0 amide bonds. The minimum Gasteiger partial charge on any atom is -0.347 e. The van der Waals surface area contributed by atoms with Crippen molar-refractivity contribution in [2.75, 3.05) is 5.32 Å². The van der Waals surface area contributed by atoms with E-state index in [9.17, 15) is 10.1 Å². The van der Waals surface area contributed by atoms with Gasteiger partial charge in [-0.3, -0.25) is 10.1 Å². The van der Waals surface area contributed by atoms with Gasteiger partial charge in [-0.2, -0.15) is 0 Å². The molecule has 0 saturated heterocycles. The maximum absolute atomic E-state index is 10.3. The van der Waals surface area contributed by atoms with E-state index in [1.807, 2.05) is 0 Å². The smallest absolute Gasteiger partial charge is 0.305 e. The first kappa shape index (κ1) is 10.0. The quantitative estimate of drug-likeness (QED) is 0.580. The number of H-pyrrole nitrogens is 1. The minimum atomic E-state index is -0.545. The van der Waals surface area contributed by atoms with Gasteiger partial charge in [-0.1, -0.05) is 0 Å². The molecule has 0 radical (unpaired) electrons. The van der Waals surface area contributed by atoms with E-state index in [1.54, 1.807) is 12.4 Å². The van der Waals surface area contributed by atoms with Gasteiger partial charge in [-0.05, 0) is 0 Å². The monoisotopic (exact) mass is 220 g/mol. The summed E-state index contributed by atoms with van der Waals surface area (Å²) in [6, 6.07) is 0. The second-order valence-electron chi connectivity index (χ2n) is 2.91. The normalized spacial score (nSPS) is 10.0. The Morgan fingerprint density at radius 1 is 1.38 bits per heavy atom. The molecule has 0 bridgehead atoms. The van der Waals surface area contributed by atoms with Gasteiger partial charge in [0.2, 0.25) is 5.95 Å². The zero-order chi connectivity index (χ0) is 11.4. The molecule has 8 heteroatoms. The third-order valence-corrected chi connectivity index (χ3v) is 1.82. The van der Waals surface area contributed by atoms with E-state index in [0.717, 1.165) is 18.2 Å². The molecule has 0 fully saturated rings. The molecule has 0 atom stereocenters. The Morgan fingerprint density at radius 2 is 2.12 bits per heavy atom. The molecule has 0 spiro atoms. The highest BCUT2D eigenvalue weighted by Gasteiger charge is 2.06. The number of rotatable bonds is 4. The average Bonchev–Trinajstić information content (AvgIpc) is 2.80. The summed E-state index contributed by atoms with van der Waals surface area (Å²) in [5.74, 6) is 1.06. The topological polar surface area (TPSA) is 110 Å². The van der Waals surface area contributed by atoms with Crippen LogP contribution in [0.4, 0.5) is 11.6 Å². The summed E-state index contributed by atoms with van der Waals surface area (Å²) in [5.41, 5.74) is -0.136. The maximum atomic E-state index is 10.3. The summed E-state index contributed by atoms with van der Waals surface area (Å²) in [4.78, 5) is 24.3. The minimum absolute atomic E-state index is 0.136. The van der Waals surface area contributed by atoms with E-state index < -0.39 is 4.92 Å². The molecule has 0 aliphatic carbocycles. The molecule has 8 nitrogen and oxygen atoms in total. The van der Waals surface area contributed by atoms with Crippen LogP contribution in [0, 0.1) is 10.1 Å². The zero-order valence-corrected chi connectivity index (χ0v) is 8.12. The fourth-order valence-corrected chi connectivity index (χ4v) is 1.06. The molecule has 2 aromatic rings. The van der Waals surface area contributed by atoms with Crippen LogP contribution in [-0.2, 0) is 6.54 Å². The van der Waals surface area contributed by atoms with Crippen LogP contribution in [0.1, 0.15) is 5.82 Å². The third-order valence-electron chi connectivity index (χ3n) is 1.82. The highest BCUT2D eigenvalue weighted by molar-refractivity contribution is 5.30. The first-order valence-corrected chi connectivity index (χ1v) is 4.44. The highest BCUT2D eigenvalue weighted by atomic mass is 16.6. The summed E-state index contributed by atoms with van der Waals surface area (Å²) in [5, 5.41) is 13.2. The Hall–Kier alpha value is -2.51. The summed E-state index contributed by atoms with van der Waals surface area (Å²) >= 11 is 0. The second kappa shape index (κ2) is 4.34.